The Labute approximate surface area is 140 Å². The van der Waals surface area contributed by atoms with E-state index in [0.717, 1.165) is 17.1 Å². The van der Waals surface area contributed by atoms with Crippen LogP contribution in [0.3, 0.4) is 0 Å². The van der Waals surface area contributed by atoms with Crippen molar-refractivity contribution in [3.8, 4) is 5.75 Å². The Morgan fingerprint density at radius 3 is 2.43 bits per heavy atom. The minimum atomic E-state index is -1.17. The molecule has 6 nitrogen and oxygen atoms in total. The van der Waals surface area contributed by atoms with Crippen molar-refractivity contribution in [1.82, 2.24) is 0 Å². The zero-order chi connectivity index (χ0) is 16.8. The molecule has 1 aliphatic heterocycles. The van der Waals surface area contributed by atoms with Crippen LogP contribution >= 0.6 is 11.8 Å². The third-order valence-electron chi connectivity index (χ3n) is 3.76. The molecule has 2 rings (SSSR count). The number of aliphatic hydroxyl groups excluding tert-OH is 3. The van der Waals surface area contributed by atoms with Crippen LogP contribution < -0.4 is 4.74 Å². The Morgan fingerprint density at radius 2 is 1.87 bits per heavy atom. The number of aliphatic hydroxyl groups is 3. The fourth-order valence-corrected chi connectivity index (χ4v) is 3.43. The summed E-state index contributed by atoms with van der Waals surface area (Å²) in [5, 5.41) is 29.6. The molecule has 1 heterocycles. The second-order valence-corrected chi connectivity index (χ2v) is 6.66. The van der Waals surface area contributed by atoms with Gasteiger partial charge in [0.05, 0.1) is 20.3 Å². The predicted octanol–water partition coefficient (Wildman–Crippen LogP) is 0.772. The molecule has 3 N–H and O–H groups in total. The second-order valence-electron chi connectivity index (χ2n) is 5.29. The van der Waals surface area contributed by atoms with Crippen molar-refractivity contribution in [3.05, 3.63) is 29.8 Å². The zero-order valence-electron chi connectivity index (χ0n) is 13.3. The first kappa shape index (κ1) is 18.5. The lowest BCUT2D eigenvalue weighted by Crippen LogP contribution is -2.58. The summed E-state index contributed by atoms with van der Waals surface area (Å²) in [6.45, 7) is 1.91. The molecule has 0 amide bonds. The van der Waals surface area contributed by atoms with Gasteiger partial charge in [0.1, 0.15) is 35.6 Å². The summed E-state index contributed by atoms with van der Waals surface area (Å²) in [4.78, 5) is 0. The Kier molecular flexibility index (Phi) is 7.13. The molecule has 5 atom stereocenters. The molecule has 0 radical (unpaired) electrons. The van der Waals surface area contributed by atoms with Gasteiger partial charge in [0.25, 0.3) is 0 Å². The topological polar surface area (TPSA) is 88.4 Å². The maximum Gasteiger partial charge on any atom is 0.132 e. The molecule has 0 aromatic heterocycles. The van der Waals surface area contributed by atoms with Crippen molar-refractivity contribution in [3.63, 3.8) is 0 Å². The third-order valence-corrected chi connectivity index (χ3v) is 4.80. The van der Waals surface area contributed by atoms with E-state index in [9.17, 15) is 15.3 Å². The SMILES string of the molecule is CCS[C@@H]1O[C@H](CO)[C@H](O)[C@H](O)[C@H]1OCc1ccc(OC)cc1. The normalized spacial score (nSPS) is 31.1. The van der Waals surface area contributed by atoms with Crippen LogP contribution in [0, 0.1) is 0 Å². The first-order valence-corrected chi connectivity index (χ1v) is 8.64. The highest BCUT2D eigenvalue weighted by Gasteiger charge is 2.44. The lowest BCUT2D eigenvalue weighted by atomic mass is 10.00. The highest BCUT2D eigenvalue weighted by Crippen LogP contribution is 2.31. The van der Waals surface area contributed by atoms with Crippen LogP contribution in [-0.2, 0) is 16.1 Å². The molecule has 1 saturated heterocycles. The van der Waals surface area contributed by atoms with E-state index >= 15 is 0 Å². The molecule has 1 aromatic carbocycles. The zero-order valence-corrected chi connectivity index (χ0v) is 14.1. The van der Waals surface area contributed by atoms with E-state index in [1.54, 1.807) is 7.11 Å². The number of ether oxygens (including phenoxy) is 3. The standard InChI is InChI=1S/C16H24O6S/c1-3-23-16-15(14(19)13(18)12(8-17)22-16)21-9-10-4-6-11(20-2)7-5-10/h4-7,12-19H,3,8-9H2,1-2H3/t12-,13+,14+,15-,16+/m1/s1. The van der Waals surface area contributed by atoms with Crippen molar-refractivity contribution in [1.29, 1.82) is 0 Å². The van der Waals surface area contributed by atoms with E-state index in [2.05, 4.69) is 0 Å². The number of rotatable bonds is 7. The van der Waals surface area contributed by atoms with Crippen LogP contribution in [-0.4, -0.2) is 64.6 Å². The molecule has 23 heavy (non-hydrogen) atoms. The smallest absolute Gasteiger partial charge is 0.132 e. The molecule has 1 fully saturated rings. The maximum absolute atomic E-state index is 10.3. The fourth-order valence-electron chi connectivity index (χ4n) is 2.45. The van der Waals surface area contributed by atoms with E-state index < -0.39 is 29.9 Å². The highest BCUT2D eigenvalue weighted by molar-refractivity contribution is 7.99. The lowest BCUT2D eigenvalue weighted by molar-refractivity contribution is -0.221. The highest BCUT2D eigenvalue weighted by atomic mass is 32.2. The van der Waals surface area contributed by atoms with E-state index in [1.807, 2.05) is 31.2 Å². The Hall–Kier alpha value is -0.830. The molecule has 0 spiro atoms. The third kappa shape index (κ3) is 4.59. The quantitative estimate of drug-likeness (QED) is 0.673. The molecule has 0 aliphatic carbocycles. The summed E-state index contributed by atoms with van der Waals surface area (Å²) >= 11 is 1.48. The van der Waals surface area contributed by atoms with Crippen LogP contribution in [0.4, 0.5) is 0 Å². The van der Waals surface area contributed by atoms with E-state index in [0.29, 0.717) is 0 Å². The van der Waals surface area contributed by atoms with Crippen LogP contribution in [0.5, 0.6) is 5.75 Å². The first-order valence-electron chi connectivity index (χ1n) is 7.59. The largest absolute Gasteiger partial charge is 0.497 e. The fraction of sp³-hybridized carbons (Fsp3) is 0.625. The molecule has 1 aromatic rings. The molecule has 130 valence electrons. The van der Waals surface area contributed by atoms with Crippen molar-refractivity contribution < 1.29 is 29.5 Å². The van der Waals surface area contributed by atoms with Gasteiger partial charge < -0.3 is 29.5 Å². The van der Waals surface area contributed by atoms with Crippen molar-refractivity contribution in [2.75, 3.05) is 19.5 Å². The van der Waals surface area contributed by atoms with Crippen molar-refractivity contribution >= 4 is 11.8 Å². The molecule has 7 heteroatoms. The predicted molar refractivity (Wildman–Crippen MR) is 87.5 cm³/mol. The maximum atomic E-state index is 10.3. The van der Waals surface area contributed by atoms with Gasteiger partial charge in [-0.1, -0.05) is 19.1 Å². The number of thioether (sulfide) groups is 1. The molecule has 0 bridgehead atoms. The van der Waals surface area contributed by atoms with Crippen LogP contribution in [0.1, 0.15) is 12.5 Å². The molecular weight excluding hydrogens is 320 g/mol. The van der Waals surface area contributed by atoms with Gasteiger partial charge in [0, 0.05) is 0 Å². The van der Waals surface area contributed by atoms with Crippen LogP contribution in [0.2, 0.25) is 0 Å². The van der Waals surface area contributed by atoms with E-state index in [1.165, 1.54) is 11.8 Å². The van der Waals surface area contributed by atoms with Crippen molar-refractivity contribution in [2.24, 2.45) is 0 Å². The number of hydrogen-bond donors (Lipinski definition) is 3. The van der Waals surface area contributed by atoms with Gasteiger partial charge in [0.2, 0.25) is 0 Å². The Bertz CT molecular complexity index is 468. The summed E-state index contributed by atoms with van der Waals surface area (Å²) in [5.74, 6) is 1.53. The van der Waals surface area contributed by atoms with Crippen LogP contribution in [0.25, 0.3) is 0 Å². The average molecular weight is 344 g/mol. The van der Waals surface area contributed by atoms with Crippen molar-refractivity contribution in [2.45, 2.75) is 43.4 Å². The molecule has 0 unspecified atom stereocenters. The summed E-state index contributed by atoms with van der Waals surface area (Å²) in [7, 11) is 1.60. The molecule has 1 aliphatic rings. The Balaban J connectivity index is 2.01. The van der Waals surface area contributed by atoms with Gasteiger partial charge in [0.15, 0.2) is 0 Å². The number of benzene rings is 1. The van der Waals surface area contributed by atoms with Gasteiger partial charge in [-0.25, -0.2) is 0 Å². The molecule has 0 saturated carbocycles. The second kappa shape index (κ2) is 8.86. The lowest BCUT2D eigenvalue weighted by Gasteiger charge is -2.41. The monoisotopic (exact) mass is 344 g/mol. The summed E-state index contributed by atoms with van der Waals surface area (Å²) in [6, 6.07) is 7.43. The van der Waals surface area contributed by atoms with Crippen LogP contribution in [0.15, 0.2) is 24.3 Å². The average Bonchev–Trinajstić information content (AvgIpc) is 2.58. The van der Waals surface area contributed by atoms with Gasteiger partial charge in [-0.3, -0.25) is 0 Å². The van der Waals surface area contributed by atoms with Gasteiger partial charge in [-0.2, -0.15) is 0 Å². The summed E-state index contributed by atoms with van der Waals surface area (Å²) < 4.78 is 16.6. The van der Waals surface area contributed by atoms with E-state index in [-0.39, 0.29) is 13.2 Å². The molecular formula is C16H24O6S. The Morgan fingerprint density at radius 1 is 1.17 bits per heavy atom. The minimum Gasteiger partial charge on any atom is -0.497 e. The van der Waals surface area contributed by atoms with Gasteiger partial charge >= 0.3 is 0 Å². The van der Waals surface area contributed by atoms with Gasteiger partial charge in [-0.05, 0) is 23.4 Å². The minimum absolute atomic E-state index is 0.284. The first-order chi connectivity index (χ1) is 11.1. The number of methoxy groups -OCH3 is 1. The number of hydrogen-bond acceptors (Lipinski definition) is 7. The van der Waals surface area contributed by atoms with E-state index in [4.69, 9.17) is 14.2 Å². The summed E-state index contributed by atoms with van der Waals surface area (Å²) in [6.07, 6.45) is -3.74. The van der Waals surface area contributed by atoms with Gasteiger partial charge in [-0.15, -0.1) is 11.8 Å². The summed E-state index contributed by atoms with van der Waals surface area (Å²) in [5.41, 5.74) is 0.491.